The maximum Gasteiger partial charge on any atom is 0.225 e. The Hall–Kier alpha value is -0.610. The largest absolute Gasteiger partial charge is 0.356 e. The van der Waals surface area contributed by atoms with Crippen molar-refractivity contribution >= 4 is 5.91 Å². The number of carbonyl (C=O) groups excluding carboxylic acids is 1. The van der Waals surface area contributed by atoms with Gasteiger partial charge in [0.15, 0.2) is 0 Å². The maximum absolute atomic E-state index is 12.0. The zero-order valence-corrected chi connectivity index (χ0v) is 13.0. The predicted molar refractivity (Wildman–Crippen MR) is 77.7 cm³/mol. The molecule has 0 unspecified atom stereocenters. The number of carbonyl (C=O) groups is 1. The Morgan fingerprint density at radius 2 is 1.50 bits per heavy atom. The first-order valence-corrected chi connectivity index (χ1v) is 6.83. The fraction of sp³-hybridized carbons (Fsp3) is 0.929. The van der Waals surface area contributed by atoms with E-state index in [-0.39, 0.29) is 11.3 Å². The van der Waals surface area contributed by atoms with E-state index < -0.39 is 0 Å². The summed E-state index contributed by atoms with van der Waals surface area (Å²) in [5.74, 6) is 0.181. The van der Waals surface area contributed by atoms with E-state index in [1.807, 2.05) is 27.9 Å². The zero-order chi connectivity index (χ0) is 14.2. The number of rotatable bonds is 9. The lowest BCUT2D eigenvalue weighted by atomic mass is 9.86. The van der Waals surface area contributed by atoms with E-state index in [0.717, 1.165) is 38.9 Å². The third kappa shape index (κ3) is 8.48. The van der Waals surface area contributed by atoms with Gasteiger partial charge in [-0.25, -0.2) is 0 Å². The summed E-state index contributed by atoms with van der Waals surface area (Å²) in [4.78, 5) is 16.3. The molecule has 108 valence electrons. The van der Waals surface area contributed by atoms with Gasteiger partial charge in [-0.2, -0.15) is 0 Å². The van der Waals surface area contributed by atoms with Crippen LogP contribution in [-0.4, -0.2) is 63.5 Å². The Balaban J connectivity index is 3.84. The van der Waals surface area contributed by atoms with Crippen molar-refractivity contribution in [3.05, 3.63) is 0 Å². The summed E-state index contributed by atoms with van der Waals surface area (Å²) >= 11 is 0. The second-order valence-corrected chi connectivity index (χ2v) is 6.20. The Morgan fingerprint density at radius 1 is 1.00 bits per heavy atom. The standard InChI is InChI=1S/C14H31N3O/c1-14(2,9-7-11-16(3)4)13(18)15-10-8-12-17(5)6/h7-12H2,1-6H3,(H,15,18). The van der Waals surface area contributed by atoms with Gasteiger partial charge in [0, 0.05) is 12.0 Å². The highest BCUT2D eigenvalue weighted by atomic mass is 16.2. The van der Waals surface area contributed by atoms with Gasteiger partial charge in [0.2, 0.25) is 5.91 Å². The van der Waals surface area contributed by atoms with Crippen molar-refractivity contribution in [1.82, 2.24) is 15.1 Å². The minimum absolute atomic E-state index is 0.181. The van der Waals surface area contributed by atoms with E-state index in [9.17, 15) is 4.79 Å². The summed E-state index contributed by atoms with van der Waals surface area (Å²) in [6.45, 7) is 6.89. The maximum atomic E-state index is 12.0. The van der Waals surface area contributed by atoms with Gasteiger partial charge in [-0.05, 0) is 60.5 Å². The Bertz CT molecular complexity index is 237. The molecule has 1 amide bonds. The van der Waals surface area contributed by atoms with E-state index in [1.165, 1.54) is 0 Å². The number of nitrogens with one attached hydrogen (secondary N) is 1. The second-order valence-electron chi connectivity index (χ2n) is 6.20. The number of nitrogens with zero attached hydrogens (tertiary/aromatic N) is 2. The molecule has 0 aromatic carbocycles. The molecule has 0 spiro atoms. The number of hydrogen-bond acceptors (Lipinski definition) is 3. The monoisotopic (exact) mass is 257 g/mol. The first-order chi connectivity index (χ1) is 8.25. The van der Waals surface area contributed by atoms with Crippen molar-refractivity contribution in [3.63, 3.8) is 0 Å². The van der Waals surface area contributed by atoms with Gasteiger partial charge in [-0.1, -0.05) is 13.8 Å². The van der Waals surface area contributed by atoms with Crippen molar-refractivity contribution in [2.75, 3.05) is 47.8 Å². The predicted octanol–water partition coefficient (Wildman–Crippen LogP) is 1.42. The second kappa shape index (κ2) is 8.48. The molecule has 0 aliphatic heterocycles. The van der Waals surface area contributed by atoms with E-state index in [4.69, 9.17) is 0 Å². The molecule has 0 fully saturated rings. The lowest BCUT2D eigenvalue weighted by Gasteiger charge is -2.24. The number of hydrogen-bond donors (Lipinski definition) is 1. The van der Waals surface area contributed by atoms with Crippen molar-refractivity contribution in [2.45, 2.75) is 33.1 Å². The fourth-order valence-electron chi connectivity index (χ4n) is 1.79. The molecule has 0 bridgehead atoms. The third-order valence-electron chi connectivity index (χ3n) is 3.09. The average molecular weight is 257 g/mol. The van der Waals surface area contributed by atoms with Crippen LogP contribution in [0.25, 0.3) is 0 Å². The highest BCUT2D eigenvalue weighted by Crippen LogP contribution is 2.22. The van der Waals surface area contributed by atoms with Crippen molar-refractivity contribution < 1.29 is 4.79 Å². The molecule has 0 rings (SSSR count). The van der Waals surface area contributed by atoms with Crippen LogP contribution < -0.4 is 5.32 Å². The lowest BCUT2D eigenvalue weighted by Crippen LogP contribution is -2.38. The summed E-state index contributed by atoms with van der Waals surface area (Å²) < 4.78 is 0. The molecule has 1 N–H and O–H groups in total. The van der Waals surface area contributed by atoms with Gasteiger partial charge in [-0.15, -0.1) is 0 Å². The molecule has 0 aromatic rings. The molecule has 0 saturated carbocycles. The molecule has 0 saturated heterocycles. The molecule has 0 heterocycles. The Kier molecular flexibility index (Phi) is 8.20. The van der Waals surface area contributed by atoms with Gasteiger partial charge in [0.1, 0.15) is 0 Å². The highest BCUT2D eigenvalue weighted by molar-refractivity contribution is 5.81. The van der Waals surface area contributed by atoms with Crippen LogP contribution in [0.15, 0.2) is 0 Å². The topological polar surface area (TPSA) is 35.6 Å². The van der Waals surface area contributed by atoms with Gasteiger partial charge in [-0.3, -0.25) is 4.79 Å². The summed E-state index contributed by atoms with van der Waals surface area (Å²) in [5, 5.41) is 3.04. The van der Waals surface area contributed by atoms with Crippen molar-refractivity contribution in [3.8, 4) is 0 Å². The fourth-order valence-corrected chi connectivity index (χ4v) is 1.79. The smallest absolute Gasteiger partial charge is 0.225 e. The first-order valence-electron chi connectivity index (χ1n) is 6.83. The summed E-state index contributed by atoms with van der Waals surface area (Å²) in [6, 6.07) is 0. The van der Waals surface area contributed by atoms with Crippen LogP contribution in [0, 0.1) is 5.41 Å². The average Bonchev–Trinajstić information content (AvgIpc) is 2.22. The molecule has 0 aliphatic rings. The summed E-state index contributed by atoms with van der Waals surface area (Å²) in [6.07, 6.45) is 3.00. The highest BCUT2D eigenvalue weighted by Gasteiger charge is 2.26. The van der Waals surface area contributed by atoms with Crippen molar-refractivity contribution in [2.24, 2.45) is 5.41 Å². The summed E-state index contributed by atoms with van der Waals surface area (Å²) in [7, 11) is 8.22. The molecule has 0 aromatic heterocycles. The van der Waals surface area contributed by atoms with Crippen LogP contribution in [0.1, 0.15) is 33.1 Å². The van der Waals surface area contributed by atoms with Crippen LogP contribution in [0.2, 0.25) is 0 Å². The SMILES string of the molecule is CN(C)CCCNC(=O)C(C)(C)CCCN(C)C. The van der Waals surface area contributed by atoms with Crippen LogP contribution in [0.5, 0.6) is 0 Å². The lowest BCUT2D eigenvalue weighted by molar-refractivity contribution is -0.129. The normalized spacial score (nSPS) is 12.2. The van der Waals surface area contributed by atoms with Gasteiger partial charge in [0.25, 0.3) is 0 Å². The van der Waals surface area contributed by atoms with E-state index in [1.54, 1.807) is 0 Å². The van der Waals surface area contributed by atoms with Crippen LogP contribution in [0.3, 0.4) is 0 Å². The Labute approximate surface area is 113 Å². The minimum atomic E-state index is -0.256. The molecule has 0 aliphatic carbocycles. The molecule has 18 heavy (non-hydrogen) atoms. The van der Waals surface area contributed by atoms with E-state index in [0.29, 0.717) is 0 Å². The van der Waals surface area contributed by atoms with Gasteiger partial charge >= 0.3 is 0 Å². The molecule has 0 radical (unpaired) electrons. The van der Waals surface area contributed by atoms with E-state index in [2.05, 4.69) is 29.2 Å². The third-order valence-corrected chi connectivity index (χ3v) is 3.09. The minimum Gasteiger partial charge on any atom is -0.356 e. The summed E-state index contributed by atoms with van der Waals surface area (Å²) in [5.41, 5.74) is -0.256. The van der Waals surface area contributed by atoms with Gasteiger partial charge in [0.05, 0.1) is 0 Å². The van der Waals surface area contributed by atoms with Crippen LogP contribution >= 0.6 is 0 Å². The molecule has 4 nitrogen and oxygen atoms in total. The number of amides is 1. The van der Waals surface area contributed by atoms with Crippen LogP contribution in [0.4, 0.5) is 0 Å². The molecule has 4 heteroatoms. The quantitative estimate of drug-likeness (QED) is 0.635. The molecular formula is C14H31N3O. The Morgan fingerprint density at radius 3 is 2.00 bits per heavy atom. The molecular weight excluding hydrogens is 226 g/mol. The molecule has 0 atom stereocenters. The van der Waals surface area contributed by atoms with Gasteiger partial charge < -0.3 is 15.1 Å². The zero-order valence-electron chi connectivity index (χ0n) is 13.0. The first kappa shape index (κ1) is 17.4. The van der Waals surface area contributed by atoms with E-state index >= 15 is 0 Å². The van der Waals surface area contributed by atoms with Crippen molar-refractivity contribution in [1.29, 1.82) is 0 Å². The van der Waals surface area contributed by atoms with Crippen LogP contribution in [-0.2, 0) is 4.79 Å².